The highest BCUT2D eigenvalue weighted by Gasteiger charge is 2.37. The number of nitrogens with two attached hydrogens (primary N) is 1. The second-order valence-electron chi connectivity index (χ2n) is 5.55. The van der Waals surface area contributed by atoms with Crippen LogP contribution in [0.3, 0.4) is 0 Å². The first-order valence-corrected chi connectivity index (χ1v) is 7.08. The SMILES string of the molecule is NC(=O)c1ccnc(N2C[C@H](O)[C@@H](N3CCCC3)C2)c1. The Morgan fingerprint density at radius 3 is 2.80 bits per heavy atom. The lowest BCUT2D eigenvalue weighted by molar-refractivity contribution is 0.0985. The Balaban J connectivity index is 1.75. The van der Waals surface area contributed by atoms with Crippen molar-refractivity contribution in [3.8, 4) is 0 Å². The molecule has 0 spiro atoms. The van der Waals surface area contributed by atoms with Crippen LogP contribution in [0, 0.1) is 0 Å². The Labute approximate surface area is 118 Å². The highest BCUT2D eigenvalue weighted by molar-refractivity contribution is 5.93. The fourth-order valence-corrected chi connectivity index (χ4v) is 3.13. The molecule has 3 heterocycles. The number of rotatable bonds is 3. The number of primary amides is 1. The molecule has 2 saturated heterocycles. The van der Waals surface area contributed by atoms with Crippen LogP contribution in [0.2, 0.25) is 0 Å². The number of carbonyl (C=O) groups is 1. The summed E-state index contributed by atoms with van der Waals surface area (Å²) in [6.45, 7) is 3.42. The van der Waals surface area contributed by atoms with E-state index in [0.29, 0.717) is 17.9 Å². The maximum absolute atomic E-state index is 11.2. The lowest BCUT2D eigenvalue weighted by Gasteiger charge is -2.25. The Hall–Kier alpha value is -1.66. The normalized spacial score (nSPS) is 27.1. The number of amides is 1. The van der Waals surface area contributed by atoms with Gasteiger partial charge in [0.25, 0.3) is 0 Å². The summed E-state index contributed by atoms with van der Waals surface area (Å²) in [6, 6.07) is 3.47. The summed E-state index contributed by atoms with van der Waals surface area (Å²) in [5.74, 6) is 0.256. The van der Waals surface area contributed by atoms with Gasteiger partial charge in [-0.25, -0.2) is 4.98 Å². The molecule has 6 nitrogen and oxygen atoms in total. The van der Waals surface area contributed by atoms with E-state index in [0.717, 1.165) is 19.6 Å². The maximum atomic E-state index is 11.2. The molecule has 1 aromatic heterocycles. The molecule has 3 rings (SSSR count). The van der Waals surface area contributed by atoms with Crippen molar-refractivity contribution in [1.29, 1.82) is 0 Å². The molecular formula is C14H20N4O2. The Morgan fingerprint density at radius 1 is 1.35 bits per heavy atom. The average Bonchev–Trinajstić information content (AvgIpc) is 3.07. The first-order valence-electron chi connectivity index (χ1n) is 7.08. The van der Waals surface area contributed by atoms with Crippen molar-refractivity contribution < 1.29 is 9.90 Å². The summed E-state index contributed by atoms with van der Waals surface area (Å²) in [5, 5.41) is 10.3. The van der Waals surface area contributed by atoms with E-state index in [4.69, 9.17) is 5.73 Å². The highest BCUT2D eigenvalue weighted by atomic mass is 16.3. The van der Waals surface area contributed by atoms with Crippen LogP contribution in [0.4, 0.5) is 5.82 Å². The fourth-order valence-electron chi connectivity index (χ4n) is 3.13. The largest absolute Gasteiger partial charge is 0.390 e. The fraction of sp³-hybridized carbons (Fsp3) is 0.571. The smallest absolute Gasteiger partial charge is 0.248 e. The molecule has 20 heavy (non-hydrogen) atoms. The third-order valence-electron chi connectivity index (χ3n) is 4.22. The third kappa shape index (κ3) is 2.48. The highest BCUT2D eigenvalue weighted by Crippen LogP contribution is 2.24. The Bertz CT molecular complexity index is 502. The van der Waals surface area contributed by atoms with E-state index >= 15 is 0 Å². The second-order valence-corrected chi connectivity index (χ2v) is 5.55. The van der Waals surface area contributed by atoms with Crippen molar-refractivity contribution in [2.45, 2.75) is 25.0 Å². The van der Waals surface area contributed by atoms with Crippen LogP contribution in [-0.2, 0) is 0 Å². The van der Waals surface area contributed by atoms with Crippen LogP contribution in [0.25, 0.3) is 0 Å². The third-order valence-corrected chi connectivity index (χ3v) is 4.22. The van der Waals surface area contributed by atoms with Crippen LogP contribution in [0.1, 0.15) is 23.2 Å². The number of anilines is 1. The predicted molar refractivity (Wildman–Crippen MR) is 75.6 cm³/mol. The lowest BCUT2D eigenvalue weighted by atomic mass is 10.2. The zero-order valence-electron chi connectivity index (χ0n) is 11.4. The molecule has 0 radical (unpaired) electrons. The van der Waals surface area contributed by atoms with E-state index in [1.807, 2.05) is 4.90 Å². The van der Waals surface area contributed by atoms with E-state index in [-0.39, 0.29) is 12.1 Å². The molecule has 2 aliphatic heterocycles. The number of hydrogen-bond donors (Lipinski definition) is 2. The number of carbonyl (C=O) groups excluding carboxylic acids is 1. The molecule has 1 amide bonds. The molecule has 3 N–H and O–H groups in total. The van der Waals surface area contributed by atoms with E-state index in [1.165, 1.54) is 12.8 Å². The molecule has 1 aromatic rings. The van der Waals surface area contributed by atoms with Gasteiger partial charge in [0.05, 0.1) is 12.1 Å². The van der Waals surface area contributed by atoms with Crippen LogP contribution in [0.5, 0.6) is 0 Å². The molecule has 0 aliphatic carbocycles. The Morgan fingerprint density at radius 2 is 2.10 bits per heavy atom. The summed E-state index contributed by atoms with van der Waals surface area (Å²) >= 11 is 0. The Kier molecular flexibility index (Phi) is 3.58. The summed E-state index contributed by atoms with van der Waals surface area (Å²) in [5.41, 5.74) is 5.75. The van der Waals surface area contributed by atoms with E-state index in [9.17, 15) is 9.90 Å². The van der Waals surface area contributed by atoms with Crippen LogP contribution >= 0.6 is 0 Å². The molecule has 108 valence electrons. The second kappa shape index (κ2) is 5.38. The lowest BCUT2D eigenvalue weighted by Crippen LogP contribution is -2.41. The van der Waals surface area contributed by atoms with Gasteiger partial charge in [-0.2, -0.15) is 0 Å². The van der Waals surface area contributed by atoms with Crippen LogP contribution < -0.4 is 10.6 Å². The van der Waals surface area contributed by atoms with Crippen molar-refractivity contribution in [3.05, 3.63) is 23.9 Å². The van der Waals surface area contributed by atoms with Crippen LogP contribution in [0.15, 0.2) is 18.3 Å². The minimum Gasteiger partial charge on any atom is -0.390 e. The minimum absolute atomic E-state index is 0.163. The number of aliphatic hydroxyl groups excluding tert-OH is 1. The van der Waals surface area contributed by atoms with Crippen LogP contribution in [-0.4, -0.2) is 59.2 Å². The number of pyridine rings is 1. The van der Waals surface area contributed by atoms with Crippen molar-refractivity contribution in [3.63, 3.8) is 0 Å². The van der Waals surface area contributed by atoms with Gasteiger partial charge in [-0.05, 0) is 38.1 Å². The zero-order chi connectivity index (χ0) is 14.1. The van der Waals surface area contributed by atoms with Gasteiger partial charge in [0, 0.05) is 24.8 Å². The number of aromatic nitrogens is 1. The summed E-state index contributed by atoms with van der Waals surface area (Å²) in [7, 11) is 0. The molecule has 2 aliphatic rings. The van der Waals surface area contributed by atoms with E-state index in [1.54, 1.807) is 18.3 Å². The molecule has 0 bridgehead atoms. The van der Waals surface area contributed by atoms with Gasteiger partial charge in [0.15, 0.2) is 0 Å². The van der Waals surface area contributed by atoms with Gasteiger partial charge < -0.3 is 15.7 Å². The minimum atomic E-state index is -0.454. The number of nitrogens with zero attached hydrogens (tertiary/aromatic N) is 3. The number of aliphatic hydroxyl groups is 1. The quantitative estimate of drug-likeness (QED) is 0.800. The van der Waals surface area contributed by atoms with Crippen molar-refractivity contribution in [1.82, 2.24) is 9.88 Å². The van der Waals surface area contributed by atoms with Gasteiger partial charge in [-0.1, -0.05) is 0 Å². The molecule has 0 saturated carbocycles. The molecule has 6 heteroatoms. The van der Waals surface area contributed by atoms with E-state index in [2.05, 4.69) is 9.88 Å². The number of β-amino-alcohol motifs (C(OH)–C–C–N with tert-alkyl or cyclic N) is 1. The van der Waals surface area contributed by atoms with Crippen molar-refractivity contribution >= 4 is 11.7 Å². The van der Waals surface area contributed by atoms with Gasteiger partial charge in [-0.3, -0.25) is 9.69 Å². The van der Waals surface area contributed by atoms with Gasteiger partial charge in [0.2, 0.25) is 5.91 Å². The molecule has 0 aromatic carbocycles. The summed E-state index contributed by atoms with van der Waals surface area (Å²) in [4.78, 5) is 19.9. The van der Waals surface area contributed by atoms with Gasteiger partial charge >= 0.3 is 0 Å². The van der Waals surface area contributed by atoms with Crippen molar-refractivity contribution in [2.24, 2.45) is 5.73 Å². The van der Waals surface area contributed by atoms with Crippen molar-refractivity contribution in [2.75, 3.05) is 31.1 Å². The zero-order valence-corrected chi connectivity index (χ0v) is 11.4. The maximum Gasteiger partial charge on any atom is 0.248 e. The summed E-state index contributed by atoms with van der Waals surface area (Å²) < 4.78 is 0. The van der Waals surface area contributed by atoms with E-state index < -0.39 is 5.91 Å². The first kappa shape index (κ1) is 13.3. The number of likely N-dealkylation sites (tertiary alicyclic amines) is 1. The predicted octanol–water partition coefficient (Wildman–Crippen LogP) is -0.174. The van der Waals surface area contributed by atoms with Gasteiger partial charge in [-0.15, -0.1) is 0 Å². The molecular weight excluding hydrogens is 256 g/mol. The molecule has 2 atom stereocenters. The first-order chi connectivity index (χ1) is 9.65. The molecule has 2 fully saturated rings. The topological polar surface area (TPSA) is 82.7 Å². The summed E-state index contributed by atoms with van der Waals surface area (Å²) in [6.07, 6.45) is 3.63. The standard InChI is InChI=1S/C14H20N4O2/c15-14(20)10-3-4-16-13(7-10)18-8-11(12(19)9-18)17-5-1-2-6-17/h3-4,7,11-12,19H,1-2,5-6,8-9H2,(H2,15,20)/t11-,12-/m0/s1. The monoisotopic (exact) mass is 276 g/mol. The molecule has 0 unspecified atom stereocenters. The average molecular weight is 276 g/mol. The number of hydrogen-bond acceptors (Lipinski definition) is 5. The van der Waals surface area contributed by atoms with Gasteiger partial charge in [0.1, 0.15) is 5.82 Å².